The highest BCUT2D eigenvalue weighted by Crippen LogP contribution is 1.92. The second-order valence-electron chi connectivity index (χ2n) is 2.46. The Kier molecular flexibility index (Phi) is 6.32. The molecule has 0 aliphatic rings. The minimum atomic E-state index is -0.567. The molecule has 76 valence electrons. The van der Waals surface area contributed by atoms with Crippen molar-refractivity contribution < 1.29 is 14.3 Å². The van der Waals surface area contributed by atoms with Crippen molar-refractivity contribution >= 4 is 23.5 Å². The molecule has 0 fully saturated rings. The van der Waals surface area contributed by atoms with Crippen molar-refractivity contribution in [2.45, 2.75) is 25.6 Å². The van der Waals surface area contributed by atoms with Crippen LogP contribution in [0.1, 0.15) is 20.3 Å². The van der Waals surface area contributed by atoms with Gasteiger partial charge in [0.05, 0.1) is 13.0 Å². The second-order valence-corrected chi connectivity index (χ2v) is 3.12. The van der Waals surface area contributed by atoms with Gasteiger partial charge < -0.3 is 10.1 Å². The molecular weight excluding hydrogens is 194 g/mol. The third-order valence-electron chi connectivity index (χ3n) is 1.29. The Morgan fingerprint density at radius 3 is 2.62 bits per heavy atom. The summed E-state index contributed by atoms with van der Waals surface area (Å²) < 4.78 is 4.66. The maximum absolute atomic E-state index is 10.9. The first-order chi connectivity index (χ1) is 6.07. The highest BCUT2D eigenvalue weighted by atomic mass is 35.5. The molecule has 0 saturated heterocycles. The van der Waals surface area contributed by atoms with E-state index in [9.17, 15) is 9.59 Å². The van der Waals surface area contributed by atoms with Crippen LogP contribution in [0.15, 0.2) is 0 Å². The first kappa shape index (κ1) is 12.2. The molecule has 0 aromatic carbocycles. The van der Waals surface area contributed by atoms with E-state index >= 15 is 0 Å². The van der Waals surface area contributed by atoms with Crippen molar-refractivity contribution in [2.75, 3.05) is 13.2 Å². The summed E-state index contributed by atoms with van der Waals surface area (Å²) in [5, 5.41) is 1.93. The molecule has 5 heteroatoms. The molecule has 0 bridgehead atoms. The predicted octanol–water partition coefficient (Wildman–Crippen LogP) is 0.683. The molecule has 1 atom stereocenters. The van der Waals surface area contributed by atoms with Crippen molar-refractivity contribution in [1.82, 2.24) is 5.32 Å². The molecule has 0 spiro atoms. The summed E-state index contributed by atoms with van der Waals surface area (Å²) in [6.45, 7) is 3.94. The average Bonchev–Trinajstić information content (AvgIpc) is 2.04. The van der Waals surface area contributed by atoms with Crippen LogP contribution in [0.25, 0.3) is 0 Å². The van der Waals surface area contributed by atoms with E-state index in [0.717, 1.165) is 0 Å². The monoisotopic (exact) mass is 207 g/mol. The molecule has 13 heavy (non-hydrogen) atoms. The molecule has 0 aliphatic carbocycles. The highest BCUT2D eigenvalue weighted by Gasteiger charge is 2.08. The summed E-state index contributed by atoms with van der Waals surface area (Å²) in [4.78, 5) is 21.7. The molecule has 0 heterocycles. The van der Waals surface area contributed by atoms with E-state index in [2.05, 4.69) is 10.1 Å². The Bertz CT molecular complexity index is 182. The fourth-order valence-electron chi connectivity index (χ4n) is 0.662. The lowest BCUT2D eigenvalue weighted by atomic mass is 10.4. The third kappa shape index (κ3) is 6.40. The number of esters is 1. The molecule has 0 aromatic heterocycles. The van der Waals surface area contributed by atoms with Crippen molar-refractivity contribution in [1.29, 1.82) is 0 Å². The van der Waals surface area contributed by atoms with E-state index in [4.69, 9.17) is 11.6 Å². The fourth-order valence-corrected chi connectivity index (χ4v) is 0.739. The number of ether oxygens (including phenoxy) is 1. The SMILES string of the molecule is CCOC(=O)CCNC(=O)C(C)Cl. The standard InChI is InChI=1S/C8H14ClNO3/c1-3-13-7(11)4-5-10-8(12)6(2)9/h6H,3-5H2,1-2H3,(H,10,12). The Balaban J connectivity index is 3.45. The van der Waals surface area contributed by atoms with E-state index in [-0.39, 0.29) is 24.8 Å². The van der Waals surface area contributed by atoms with Gasteiger partial charge in [0.2, 0.25) is 5.91 Å². The van der Waals surface area contributed by atoms with Crippen LogP contribution in [-0.2, 0) is 14.3 Å². The van der Waals surface area contributed by atoms with Crippen LogP contribution < -0.4 is 5.32 Å². The molecule has 1 amide bonds. The average molecular weight is 208 g/mol. The zero-order valence-electron chi connectivity index (χ0n) is 7.80. The molecule has 0 saturated carbocycles. The number of hydrogen-bond acceptors (Lipinski definition) is 3. The zero-order valence-corrected chi connectivity index (χ0v) is 8.56. The normalized spacial score (nSPS) is 11.9. The van der Waals surface area contributed by atoms with Crippen LogP contribution in [0.5, 0.6) is 0 Å². The maximum Gasteiger partial charge on any atom is 0.307 e. The van der Waals surface area contributed by atoms with E-state index in [0.29, 0.717) is 6.61 Å². The molecular formula is C8H14ClNO3. The number of carbonyl (C=O) groups excluding carboxylic acids is 2. The van der Waals surface area contributed by atoms with Crippen LogP contribution in [-0.4, -0.2) is 30.4 Å². The van der Waals surface area contributed by atoms with Gasteiger partial charge in [0.1, 0.15) is 5.38 Å². The first-order valence-corrected chi connectivity index (χ1v) is 4.59. The molecule has 0 aromatic rings. The molecule has 4 nitrogen and oxygen atoms in total. The van der Waals surface area contributed by atoms with E-state index in [1.54, 1.807) is 13.8 Å². The number of rotatable bonds is 5. The second kappa shape index (κ2) is 6.71. The first-order valence-electron chi connectivity index (χ1n) is 4.15. The van der Waals surface area contributed by atoms with Gasteiger partial charge in [-0.25, -0.2) is 0 Å². The third-order valence-corrected chi connectivity index (χ3v) is 1.49. The lowest BCUT2D eigenvalue weighted by Gasteiger charge is -2.05. The molecule has 0 rings (SSSR count). The molecule has 1 N–H and O–H groups in total. The minimum Gasteiger partial charge on any atom is -0.466 e. The van der Waals surface area contributed by atoms with Gasteiger partial charge in [-0.1, -0.05) is 0 Å². The van der Waals surface area contributed by atoms with Crippen LogP contribution >= 0.6 is 11.6 Å². The molecule has 0 radical (unpaired) electrons. The summed E-state index contributed by atoms with van der Waals surface area (Å²) in [6, 6.07) is 0. The number of halogens is 1. The van der Waals surface area contributed by atoms with E-state index in [1.165, 1.54) is 0 Å². The quantitative estimate of drug-likeness (QED) is 0.533. The van der Waals surface area contributed by atoms with E-state index < -0.39 is 5.38 Å². The Morgan fingerprint density at radius 2 is 2.15 bits per heavy atom. The predicted molar refractivity (Wildman–Crippen MR) is 49.6 cm³/mol. The van der Waals surface area contributed by atoms with Crippen molar-refractivity contribution in [3.8, 4) is 0 Å². The lowest BCUT2D eigenvalue weighted by Crippen LogP contribution is -2.31. The van der Waals surface area contributed by atoms with Crippen molar-refractivity contribution in [3.63, 3.8) is 0 Å². The number of alkyl halides is 1. The van der Waals surface area contributed by atoms with Gasteiger partial charge in [-0.15, -0.1) is 11.6 Å². The van der Waals surface area contributed by atoms with Crippen LogP contribution in [0.4, 0.5) is 0 Å². The summed E-state index contributed by atoms with van der Waals surface area (Å²) in [7, 11) is 0. The van der Waals surface area contributed by atoms with Crippen molar-refractivity contribution in [3.05, 3.63) is 0 Å². The fraction of sp³-hybridized carbons (Fsp3) is 0.750. The lowest BCUT2D eigenvalue weighted by molar-refractivity contribution is -0.143. The summed E-state index contributed by atoms with van der Waals surface area (Å²) in [5.74, 6) is -0.587. The zero-order chi connectivity index (χ0) is 10.3. The van der Waals surface area contributed by atoms with Gasteiger partial charge in [0, 0.05) is 6.54 Å². The van der Waals surface area contributed by atoms with E-state index in [1.807, 2.05) is 0 Å². The maximum atomic E-state index is 10.9. The number of nitrogens with one attached hydrogen (secondary N) is 1. The number of amides is 1. The Morgan fingerprint density at radius 1 is 1.54 bits per heavy atom. The Labute approximate surface area is 82.6 Å². The van der Waals surface area contributed by atoms with Gasteiger partial charge in [0.15, 0.2) is 0 Å². The Hall–Kier alpha value is -0.770. The van der Waals surface area contributed by atoms with Gasteiger partial charge in [-0.05, 0) is 13.8 Å². The summed E-state index contributed by atoms with van der Waals surface area (Å²) in [6.07, 6.45) is 0.184. The summed E-state index contributed by atoms with van der Waals surface area (Å²) >= 11 is 5.48. The number of hydrogen-bond donors (Lipinski definition) is 1. The topological polar surface area (TPSA) is 55.4 Å². The van der Waals surface area contributed by atoms with Gasteiger partial charge in [-0.3, -0.25) is 9.59 Å². The van der Waals surface area contributed by atoms with Crippen LogP contribution in [0.3, 0.4) is 0 Å². The molecule has 1 unspecified atom stereocenters. The van der Waals surface area contributed by atoms with Crippen LogP contribution in [0.2, 0.25) is 0 Å². The van der Waals surface area contributed by atoms with Crippen molar-refractivity contribution in [2.24, 2.45) is 0 Å². The van der Waals surface area contributed by atoms with Gasteiger partial charge in [0.25, 0.3) is 0 Å². The minimum absolute atomic E-state index is 0.184. The number of carbonyl (C=O) groups is 2. The van der Waals surface area contributed by atoms with Crippen LogP contribution in [0, 0.1) is 0 Å². The highest BCUT2D eigenvalue weighted by molar-refractivity contribution is 6.30. The van der Waals surface area contributed by atoms with Gasteiger partial charge >= 0.3 is 5.97 Å². The van der Waals surface area contributed by atoms with Gasteiger partial charge in [-0.2, -0.15) is 0 Å². The summed E-state index contributed by atoms with van der Waals surface area (Å²) in [5.41, 5.74) is 0. The largest absolute Gasteiger partial charge is 0.466 e. The smallest absolute Gasteiger partial charge is 0.307 e. The molecule has 0 aliphatic heterocycles.